The van der Waals surface area contributed by atoms with Crippen molar-refractivity contribution in [3.8, 4) is 0 Å². The van der Waals surface area contributed by atoms with Gasteiger partial charge in [-0.3, -0.25) is 0 Å². The first-order valence-corrected chi connectivity index (χ1v) is 4.74. The molecule has 0 bridgehead atoms. The maximum Gasteiger partial charge on any atom is 0.0168 e. The van der Waals surface area contributed by atoms with E-state index in [4.69, 9.17) is 0 Å². The van der Waals surface area contributed by atoms with Crippen LogP contribution in [-0.2, 0) is 6.42 Å². The molecule has 1 aliphatic rings. The minimum absolute atomic E-state index is 1.01. The Morgan fingerprint density at radius 3 is 2.92 bits per heavy atom. The van der Waals surface area contributed by atoms with Crippen LogP contribution < -0.4 is 5.32 Å². The molecule has 0 saturated heterocycles. The topological polar surface area (TPSA) is 12.0 Å². The lowest BCUT2D eigenvalue weighted by Gasteiger charge is -2.03. The molecule has 0 atom stereocenters. The lowest BCUT2D eigenvalue weighted by atomic mass is 10.0. The first kappa shape index (κ1) is 8.52. The Hall–Kier alpha value is -1.08. The van der Waals surface area contributed by atoms with Gasteiger partial charge < -0.3 is 5.32 Å². The molecule has 2 rings (SSSR count). The third-order valence-electron chi connectivity index (χ3n) is 2.61. The Labute approximate surface area is 79.5 Å². The van der Waals surface area contributed by atoms with Gasteiger partial charge in [0.1, 0.15) is 0 Å². The molecule has 0 spiro atoms. The summed E-state index contributed by atoms with van der Waals surface area (Å²) in [5, 5.41) is 3.20. The van der Waals surface area contributed by atoms with Crippen molar-refractivity contribution < 1.29 is 0 Å². The van der Waals surface area contributed by atoms with Gasteiger partial charge in [-0.05, 0) is 37.1 Å². The zero-order valence-corrected chi connectivity index (χ0v) is 8.22. The molecule has 0 unspecified atom stereocenters. The van der Waals surface area contributed by atoms with E-state index in [0.717, 1.165) is 13.0 Å². The summed E-state index contributed by atoms with van der Waals surface area (Å²) in [7, 11) is 2.00. The number of likely N-dealkylation sites (N-methyl/N-ethyl adjacent to an activating group) is 1. The number of fused-ring (bicyclic) bond motifs is 1. The summed E-state index contributed by atoms with van der Waals surface area (Å²) in [6.45, 7) is 3.20. The summed E-state index contributed by atoms with van der Waals surface area (Å²) >= 11 is 0. The van der Waals surface area contributed by atoms with Crippen LogP contribution in [0.3, 0.4) is 0 Å². The summed E-state index contributed by atoms with van der Waals surface area (Å²) < 4.78 is 0. The molecule has 1 nitrogen and oxygen atoms in total. The van der Waals surface area contributed by atoms with Crippen LogP contribution in [0.4, 0.5) is 0 Å². The number of aryl methyl sites for hydroxylation is 1. The van der Waals surface area contributed by atoms with Crippen molar-refractivity contribution >= 4 is 6.08 Å². The van der Waals surface area contributed by atoms with Crippen LogP contribution in [0, 0.1) is 6.92 Å². The average molecular weight is 173 g/mol. The highest BCUT2D eigenvalue weighted by Crippen LogP contribution is 2.26. The van der Waals surface area contributed by atoms with Gasteiger partial charge >= 0.3 is 0 Å². The van der Waals surface area contributed by atoms with Crippen LogP contribution in [-0.4, -0.2) is 13.6 Å². The Bertz CT molecular complexity index is 350. The smallest absolute Gasteiger partial charge is 0.0168 e. The SMILES string of the molecule is CNCC1=Cc2cccc(C)c2C1. The highest BCUT2D eigenvalue weighted by molar-refractivity contribution is 5.65. The highest BCUT2D eigenvalue weighted by atomic mass is 14.8. The van der Waals surface area contributed by atoms with Crippen LogP contribution in [0.15, 0.2) is 23.8 Å². The first-order chi connectivity index (χ1) is 6.31. The van der Waals surface area contributed by atoms with E-state index in [1.807, 2.05) is 7.05 Å². The van der Waals surface area contributed by atoms with Crippen molar-refractivity contribution in [1.82, 2.24) is 5.32 Å². The normalized spacial score (nSPS) is 14.2. The van der Waals surface area contributed by atoms with E-state index >= 15 is 0 Å². The first-order valence-electron chi connectivity index (χ1n) is 4.74. The maximum absolute atomic E-state index is 3.20. The molecule has 68 valence electrons. The van der Waals surface area contributed by atoms with Crippen molar-refractivity contribution in [2.75, 3.05) is 13.6 Å². The van der Waals surface area contributed by atoms with Gasteiger partial charge in [0.2, 0.25) is 0 Å². The molecule has 1 heteroatoms. The Kier molecular flexibility index (Phi) is 2.19. The van der Waals surface area contributed by atoms with Crippen molar-refractivity contribution in [2.24, 2.45) is 0 Å². The van der Waals surface area contributed by atoms with Crippen molar-refractivity contribution in [3.05, 3.63) is 40.5 Å². The van der Waals surface area contributed by atoms with E-state index < -0.39 is 0 Å². The summed E-state index contributed by atoms with van der Waals surface area (Å²) in [5.41, 5.74) is 5.82. The molecule has 1 aromatic rings. The number of benzene rings is 1. The monoisotopic (exact) mass is 173 g/mol. The number of hydrogen-bond donors (Lipinski definition) is 1. The molecule has 0 aliphatic heterocycles. The van der Waals surface area contributed by atoms with E-state index in [1.165, 1.54) is 22.3 Å². The van der Waals surface area contributed by atoms with E-state index in [2.05, 4.69) is 36.5 Å². The van der Waals surface area contributed by atoms with Crippen LogP contribution in [0.25, 0.3) is 6.08 Å². The fourth-order valence-corrected chi connectivity index (χ4v) is 1.94. The quantitative estimate of drug-likeness (QED) is 0.722. The average Bonchev–Trinajstić information content (AvgIpc) is 2.49. The van der Waals surface area contributed by atoms with E-state index in [1.54, 1.807) is 0 Å². The fraction of sp³-hybridized carbons (Fsp3) is 0.333. The number of nitrogens with one attached hydrogen (secondary N) is 1. The minimum Gasteiger partial charge on any atom is -0.316 e. The zero-order valence-electron chi connectivity index (χ0n) is 8.22. The predicted molar refractivity (Wildman–Crippen MR) is 56.8 cm³/mol. The van der Waals surface area contributed by atoms with Gasteiger partial charge in [-0.25, -0.2) is 0 Å². The van der Waals surface area contributed by atoms with Crippen molar-refractivity contribution in [3.63, 3.8) is 0 Å². The van der Waals surface area contributed by atoms with Gasteiger partial charge in [-0.2, -0.15) is 0 Å². The molecule has 0 heterocycles. The maximum atomic E-state index is 3.20. The summed E-state index contributed by atoms with van der Waals surface area (Å²) in [5.74, 6) is 0. The molecular formula is C12H15N. The molecule has 0 aromatic heterocycles. The van der Waals surface area contributed by atoms with Gasteiger partial charge in [0.25, 0.3) is 0 Å². The lowest BCUT2D eigenvalue weighted by Crippen LogP contribution is -2.10. The molecule has 0 fully saturated rings. The van der Waals surface area contributed by atoms with Crippen molar-refractivity contribution in [1.29, 1.82) is 0 Å². The van der Waals surface area contributed by atoms with E-state index in [-0.39, 0.29) is 0 Å². The Morgan fingerprint density at radius 1 is 1.38 bits per heavy atom. The van der Waals surface area contributed by atoms with Gasteiger partial charge in [0, 0.05) is 6.54 Å². The summed E-state index contributed by atoms with van der Waals surface area (Å²) in [6, 6.07) is 6.52. The van der Waals surface area contributed by atoms with Crippen LogP contribution in [0.5, 0.6) is 0 Å². The van der Waals surface area contributed by atoms with Crippen LogP contribution in [0.2, 0.25) is 0 Å². The van der Waals surface area contributed by atoms with Gasteiger partial charge in [0.15, 0.2) is 0 Å². The minimum atomic E-state index is 1.01. The Balaban J connectivity index is 2.30. The molecule has 0 saturated carbocycles. The molecular weight excluding hydrogens is 158 g/mol. The Morgan fingerprint density at radius 2 is 2.23 bits per heavy atom. The summed E-state index contributed by atoms with van der Waals surface area (Å²) in [4.78, 5) is 0. The highest BCUT2D eigenvalue weighted by Gasteiger charge is 2.12. The van der Waals surface area contributed by atoms with Crippen LogP contribution in [0.1, 0.15) is 16.7 Å². The standard InChI is InChI=1S/C12H15N/c1-9-4-3-5-11-6-10(8-13-2)7-12(9)11/h3-6,13H,7-8H2,1-2H3. The fourth-order valence-electron chi connectivity index (χ4n) is 1.94. The summed E-state index contributed by atoms with van der Waals surface area (Å²) in [6.07, 6.45) is 3.43. The predicted octanol–water partition coefficient (Wildman–Crippen LogP) is 2.15. The molecule has 1 aromatic carbocycles. The van der Waals surface area contributed by atoms with Gasteiger partial charge in [-0.15, -0.1) is 0 Å². The zero-order chi connectivity index (χ0) is 9.26. The lowest BCUT2D eigenvalue weighted by molar-refractivity contribution is 0.865. The second-order valence-corrected chi connectivity index (χ2v) is 3.65. The molecule has 13 heavy (non-hydrogen) atoms. The second-order valence-electron chi connectivity index (χ2n) is 3.65. The third-order valence-corrected chi connectivity index (χ3v) is 2.61. The molecule has 1 aliphatic carbocycles. The van der Waals surface area contributed by atoms with E-state index in [9.17, 15) is 0 Å². The molecule has 0 amide bonds. The molecule has 1 N–H and O–H groups in total. The van der Waals surface area contributed by atoms with Crippen molar-refractivity contribution in [2.45, 2.75) is 13.3 Å². The number of hydrogen-bond acceptors (Lipinski definition) is 1. The number of rotatable bonds is 2. The van der Waals surface area contributed by atoms with Gasteiger partial charge in [-0.1, -0.05) is 29.8 Å². The van der Waals surface area contributed by atoms with Gasteiger partial charge in [0.05, 0.1) is 0 Å². The third kappa shape index (κ3) is 1.52. The van der Waals surface area contributed by atoms with Crippen LogP contribution >= 0.6 is 0 Å². The largest absolute Gasteiger partial charge is 0.316 e. The van der Waals surface area contributed by atoms with E-state index in [0.29, 0.717) is 0 Å². The molecule has 0 radical (unpaired) electrons. The second kappa shape index (κ2) is 3.35.